The number of aromatic amines is 1. The summed E-state index contributed by atoms with van der Waals surface area (Å²) in [6, 6.07) is 5.63. The van der Waals surface area contributed by atoms with Crippen molar-refractivity contribution in [2.45, 2.75) is 6.92 Å². The van der Waals surface area contributed by atoms with Crippen LogP contribution in [0.4, 0.5) is 0 Å². The molecule has 0 spiro atoms. The highest BCUT2D eigenvalue weighted by molar-refractivity contribution is 6.15. The molecule has 0 saturated carbocycles. The van der Waals surface area contributed by atoms with E-state index in [2.05, 4.69) is 26.5 Å². The van der Waals surface area contributed by atoms with Gasteiger partial charge in [-0.1, -0.05) is 36.9 Å². The molecule has 1 saturated heterocycles. The van der Waals surface area contributed by atoms with Gasteiger partial charge >= 0.3 is 0 Å². The summed E-state index contributed by atoms with van der Waals surface area (Å²) in [6.07, 6.45) is 10.8. The predicted octanol–water partition coefficient (Wildman–Crippen LogP) is 2.91. The minimum Gasteiger partial charge on any atom is -0.369 e. The number of hydrogen-bond acceptors (Lipinski definition) is 5. The number of aromatic nitrogens is 1. The number of nitrogens with two attached hydrogens (primary N) is 1. The predicted molar refractivity (Wildman–Crippen MR) is 116 cm³/mol. The lowest BCUT2D eigenvalue weighted by Gasteiger charge is -2.36. The first-order valence-corrected chi connectivity index (χ1v) is 9.46. The third kappa shape index (κ3) is 4.23. The molecule has 2 aromatic rings. The second kappa shape index (κ2) is 9.19. The lowest BCUT2D eigenvalue weighted by Crippen LogP contribution is -2.47. The van der Waals surface area contributed by atoms with Gasteiger partial charge in [0.25, 0.3) is 0 Å². The van der Waals surface area contributed by atoms with Crippen LogP contribution in [-0.2, 0) is 0 Å². The molecule has 0 radical (unpaired) electrons. The number of piperazine rings is 1. The molecule has 28 heavy (non-hydrogen) atoms. The van der Waals surface area contributed by atoms with Crippen LogP contribution in [0.2, 0.25) is 0 Å². The molecule has 0 unspecified atom stereocenters. The number of aldehydes is 1. The maximum atomic E-state index is 11.4. The van der Waals surface area contributed by atoms with Crippen molar-refractivity contribution in [3.8, 4) is 0 Å². The van der Waals surface area contributed by atoms with Crippen LogP contribution in [0.3, 0.4) is 0 Å². The van der Waals surface area contributed by atoms with E-state index in [0.717, 1.165) is 60.3 Å². The zero-order chi connectivity index (χ0) is 19.9. The monoisotopic (exact) mass is 377 g/mol. The summed E-state index contributed by atoms with van der Waals surface area (Å²) < 4.78 is 0. The molecule has 1 aliphatic heterocycles. The van der Waals surface area contributed by atoms with E-state index in [4.69, 9.17) is 5.84 Å². The fourth-order valence-corrected chi connectivity index (χ4v) is 3.52. The molecular formula is C22H27N5O. The number of benzene rings is 1. The van der Waals surface area contributed by atoms with Gasteiger partial charge in [-0.15, -0.1) is 0 Å². The first-order chi connectivity index (χ1) is 13.7. The third-order valence-corrected chi connectivity index (χ3v) is 5.08. The van der Waals surface area contributed by atoms with Gasteiger partial charge in [-0.05, 0) is 19.1 Å². The smallest absolute Gasteiger partial charge is 0.150 e. The molecule has 146 valence electrons. The summed E-state index contributed by atoms with van der Waals surface area (Å²) in [5, 5.41) is 4.92. The Morgan fingerprint density at radius 3 is 2.75 bits per heavy atom. The molecule has 3 rings (SSSR count). The van der Waals surface area contributed by atoms with Crippen LogP contribution in [0.5, 0.6) is 0 Å². The van der Waals surface area contributed by atoms with Crippen molar-refractivity contribution in [1.82, 2.24) is 14.8 Å². The Morgan fingerprint density at radius 2 is 2.07 bits per heavy atom. The van der Waals surface area contributed by atoms with Crippen LogP contribution in [0, 0.1) is 0 Å². The van der Waals surface area contributed by atoms with Gasteiger partial charge in [0.15, 0.2) is 6.29 Å². The van der Waals surface area contributed by atoms with E-state index >= 15 is 0 Å². The number of carbonyl (C=O) groups excluding carboxylic acids is 1. The molecular weight excluding hydrogens is 350 g/mol. The molecule has 2 heterocycles. The summed E-state index contributed by atoms with van der Waals surface area (Å²) in [4.78, 5) is 19.3. The summed E-state index contributed by atoms with van der Waals surface area (Å²) in [7, 11) is 0. The van der Waals surface area contributed by atoms with Crippen molar-refractivity contribution >= 4 is 22.9 Å². The van der Waals surface area contributed by atoms with Gasteiger partial charge in [0, 0.05) is 66.6 Å². The lowest BCUT2D eigenvalue weighted by molar-refractivity contribution is 0.112. The molecule has 3 N–H and O–H groups in total. The number of fused-ring (bicyclic) bond motifs is 1. The van der Waals surface area contributed by atoms with E-state index in [0.29, 0.717) is 12.1 Å². The largest absolute Gasteiger partial charge is 0.369 e. The third-order valence-electron chi connectivity index (χ3n) is 5.08. The fourth-order valence-electron chi connectivity index (χ4n) is 3.52. The number of hydrazone groups is 1. The highest BCUT2D eigenvalue weighted by atomic mass is 16.1. The number of carbonyl (C=O) groups is 1. The number of rotatable bonds is 7. The first kappa shape index (κ1) is 19.6. The standard InChI is InChI=1S/C22H27N5O/c1-3-4-5-7-17(2)27-12-10-26(11-13-27)15-21(25-23)19-14-24-20-9-6-8-18(16-28)22(19)20/h3-9,14,16,24H,2,10-13,15,23H2,1H3/b4-3-,7-5-,25-21-. The molecule has 0 bridgehead atoms. The van der Waals surface area contributed by atoms with Crippen molar-refractivity contribution < 1.29 is 4.79 Å². The van der Waals surface area contributed by atoms with E-state index in [1.807, 2.05) is 55.6 Å². The topological polar surface area (TPSA) is 77.7 Å². The van der Waals surface area contributed by atoms with E-state index in [1.165, 1.54) is 0 Å². The maximum absolute atomic E-state index is 11.4. The zero-order valence-corrected chi connectivity index (χ0v) is 16.3. The Kier molecular flexibility index (Phi) is 6.45. The highest BCUT2D eigenvalue weighted by Crippen LogP contribution is 2.23. The van der Waals surface area contributed by atoms with Crippen LogP contribution in [0.25, 0.3) is 10.9 Å². The molecule has 0 amide bonds. The van der Waals surface area contributed by atoms with Crippen molar-refractivity contribution in [2.75, 3.05) is 32.7 Å². The van der Waals surface area contributed by atoms with Crippen molar-refractivity contribution in [2.24, 2.45) is 10.9 Å². The van der Waals surface area contributed by atoms with Crippen molar-refractivity contribution in [1.29, 1.82) is 0 Å². The molecule has 1 aromatic heterocycles. The Bertz CT molecular complexity index is 930. The minimum absolute atomic E-state index is 0.643. The average molecular weight is 377 g/mol. The molecule has 0 aliphatic carbocycles. The van der Waals surface area contributed by atoms with Crippen LogP contribution in [-0.4, -0.2) is 59.5 Å². The Morgan fingerprint density at radius 1 is 1.29 bits per heavy atom. The quantitative estimate of drug-likeness (QED) is 0.256. The first-order valence-electron chi connectivity index (χ1n) is 9.46. The van der Waals surface area contributed by atoms with Crippen molar-refractivity contribution in [3.05, 3.63) is 72.1 Å². The van der Waals surface area contributed by atoms with Gasteiger partial charge in [0.1, 0.15) is 0 Å². The number of allylic oxidation sites excluding steroid dienone is 4. The van der Waals surface area contributed by atoms with Gasteiger partial charge in [0.05, 0.1) is 5.71 Å². The summed E-state index contributed by atoms with van der Waals surface area (Å²) in [5.41, 5.74) is 4.25. The highest BCUT2D eigenvalue weighted by Gasteiger charge is 2.21. The van der Waals surface area contributed by atoms with Crippen molar-refractivity contribution in [3.63, 3.8) is 0 Å². The van der Waals surface area contributed by atoms with Crippen LogP contribution in [0.15, 0.2) is 66.1 Å². The Balaban J connectivity index is 1.68. The Labute approximate surface area is 165 Å². The normalized spacial score (nSPS) is 16.5. The van der Waals surface area contributed by atoms with Crippen LogP contribution in [0.1, 0.15) is 22.8 Å². The van der Waals surface area contributed by atoms with E-state index in [9.17, 15) is 4.79 Å². The fraction of sp³-hybridized carbons (Fsp3) is 0.273. The molecule has 6 heteroatoms. The minimum atomic E-state index is 0.643. The van der Waals surface area contributed by atoms with Crippen LogP contribution >= 0.6 is 0 Å². The lowest BCUT2D eigenvalue weighted by atomic mass is 10.0. The number of H-pyrrole nitrogens is 1. The number of nitrogens with one attached hydrogen (secondary N) is 1. The summed E-state index contributed by atoms with van der Waals surface area (Å²) >= 11 is 0. The van der Waals surface area contributed by atoms with Gasteiger partial charge in [-0.2, -0.15) is 5.10 Å². The van der Waals surface area contributed by atoms with Gasteiger partial charge in [-0.3, -0.25) is 9.69 Å². The van der Waals surface area contributed by atoms with Gasteiger partial charge < -0.3 is 15.7 Å². The number of hydrogen-bond donors (Lipinski definition) is 2. The van der Waals surface area contributed by atoms with E-state index in [1.54, 1.807) is 0 Å². The zero-order valence-electron chi connectivity index (χ0n) is 16.3. The van der Waals surface area contributed by atoms with Crippen LogP contribution < -0.4 is 5.84 Å². The molecule has 1 fully saturated rings. The SMILES string of the molecule is C=C(/C=C\C=C/C)N1CCN(C/C(=N/N)c2c[nH]c3cccc(C=O)c23)CC1. The average Bonchev–Trinajstić information content (AvgIpc) is 3.16. The molecule has 1 aliphatic rings. The van der Waals surface area contributed by atoms with E-state index < -0.39 is 0 Å². The Hall–Kier alpha value is -3.12. The van der Waals surface area contributed by atoms with Gasteiger partial charge in [0.2, 0.25) is 0 Å². The summed E-state index contributed by atoms with van der Waals surface area (Å²) in [5.74, 6) is 5.73. The second-order valence-corrected chi connectivity index (χ2v) is 6.81. The molecule has 0 atom stereocenters. The molecule has 1 aromatic carbocycles. The second-order valence-electron chi connectivity index (χ2n) is 6.81. The van der Waals surface area contributed by atoms with Gasteiger partial charge in [-0.25, -0.2) is 0 Å². The molecule has 6 nitrogen and oxygen atoms in total. The number of nitrogens with zero attached hydrogens (tertiary/aromatic N) is 3. The maximum Gasteiger partial charge on any atom is 0.150 e. The summed E-state index contributed by atoms with van der Waals surface area (Å²) in [6.45, 7) is 10.4. The van der Waals surface area contributed by atoms with E-state index in [-0.39, 0.29) is 0 Å².